The van der Waals surface area contributed by atoms with Gasteiger partial charge in [0.15, 0.2) is 0 Å². The molecule has 0 saturated carbocycles. The normalized spacial score (nSPS) is 11.7. The molecular formula is C31H21ClFN3O3S. The molecule has 5 rings (SSSR count). The van der Waals surface area contributed by atoms with Crippen molar-refractivity contribution in [2.45, 2.75) is 11.5 Å². The van der Waals surface area contributed by atoms with Gasteiger partial charge < -0.3 is 4.74 Å². The number of rotatable bonds is 8. The maximum atomic E-state index is 13.3. The van der Waals surface area contributed by atoms with Gasteiger partial charge in [-0.25, -0.2) is 17.5 Å². The molecular weight excluding hydrogens is 549 g/mol. The minimum absolute atomic E-state index is 0.0376. The van der Waals surface area contributed by atoms with Crippen molar-refractivity contribution in [1.82, 2.24) is 9.78 Å². The summed E-state index contributed by atoms with van der Waals surface area (Å²) < 4.78 is 47.1. The Hall–Kier alpha value is -4.71. The molecule has 0 radical (unpaired) electrons. The quantitative estimate of drug-likeness (QED) is 0.184. The number of aromatic nitrogens is 2. The Morgan fingerprint density at radius 1 is 0.950 bits per heavy atom. The van der Waals surface area contributed by atoms with Gasteiger partial charge in [0, 0.05) is 22.3 Å². The maximum Gasteiger partial charge on any atom is 0.216 e. The summed E-state index contributed by atoms with van der Waals surface area (Å²) >= 11 is 5.91. The zero-order valence-electron chi connectivity index (χ0n) is 20.9. The Morgan fingerprint density at radius 2 is 1.62 bits per heavy atom. The van der Waals surface area contributed by atoms with E-state index in [0.717, 1.165) is 11.3 Å². The molecule has 198 valence electrons. The molecule has 5 aromatic rings. The molecule has 0 aliphatic carbocycles. The van der Waals surface area contributed by atoms with E-state index >= 15 is 0 Å². The van der Waals surface area contributed by atoms with Gasteiger partial charge in [0.05, 0.1) is 10.6 Å². The molecule has 0 amide bonds. The second-order valence-electron chi connectivity index (χ2n) is 8.73. The first kappa shape index (κ1) is 26.9. The molecule has 0 unspecified atom stereocenters. The van der Waals surface area contributed by atoms with Crippen molar-refractivity contribution in [3.05, 3.63) is 136 Å². The van der Waals surface area contributed by atoms with Crippen molar-refractivity contribution in [2.24, 2.45) is 0 Å². The summed E-state index contributed by atoms with van der Waals surface area (Å²) in [4.78, 5) is -0.465. The van der Waals surface area contributed by atoms with Crippen LogP contribution in [0.5, 0.6) is 5.75 Å². The highest BCUT2D eigenvalue weighted by atomic mass is 35.5. The molecule has 0 saturated heterocycles. The van der Waals surface area contributed by atoms with Gasteiger partial charge in [0.1, 0.15) is 34.8 Å². The van der Waals surface area contributed by atoms with E-state index < -0.39 is 14.7 Å². The third kappa shape index (κ3) is 5.96. The first-order valence-corrected chi connectivity index (χ1v) is 13.9. The van der Waals surface area contributed by atoms with Crippen LogP contribution in [0.4, 0.5) is 4.39 Å². The van der Waals surface area contributed by atoms with Crippen molar-refractivity contribution >= 4 is 27.5 Å². The summed E-state index contributed by atoms with van der Waals surface area (Å²) in [5.41, 5.74) is 3.20. The monoisotopic (exact) mass is 569 g/mol. The Balaban J connectivity index is 1.50. The van der Waals surface area contributed by atoms with E-state index in [-0.39, 0.29) is 17.3 Å². The van der Waals surface area contributed by atoms with E-state index in [9.17, 15) is 18.1 Å². The molecule has 1 heterocycles. The van der Waals surface area contributed by atoms with E-state index in [1.54, 1.807) is 47.3 Å². The summed E-state index contributed by atoms with van der Waals surface area (Å²) in [5.74, 6) is 0.282. The Bertz CT molecular complexity index is 1810. The summed E-state index contributed by atoms with van der Waals surface area (Å²) in [6.07, 6.45) is 3.00. The summed E-state index contributed by atoms with van der Waals surface area (Å²) in [7, 11) is -4.10. The summed E-state index contributed by atoms with van der Waals surface area (Å²) in [5, 5.41) is 14.9. The third-order valence-electron chi connectivity index (χ3n) is 6.02. The number of hydrogen-bond acceptors (Lipinski definition) is 5. The van der Waals surface area contributed by atoms with Crippen molar-refractivity contribution in [3.8, 4) is 28.8 Å². The van der Waals surface area contributed by atoms with Crippen molar-refractivity contribution in [1.29, 1.82) is 5.26 Å². The van der Waals surface area contributed by atoms with Crippen LogP contribution < -0.4 is 4.74 Å². The Labute approximate surface area is 236 Å². The lowest BCUT2D eigenvalue weighted by molar-refractivity contribution is 0.306. The second kappa shape index (κ2) is 11.6. The van der Waals surface area contributed by atoms with Gasteiger partial charge in [-0.15, -0.1) is 0 Å². The van der Waals surface area contributed by atoms with Gasteiger partial charge >= 0.3 is 0 Å². The van der Waals surface area contributed by atoms with E-state index in [1.165, 1.54) is 42.5 Å². The molecule has 0 aliphatic heterocycles. The van der Waals surface area contributed by atoms with Crippen LogP contribution in [0.1, 0.15) is 11.1 Å². The van der Waals surface area contributed by atoms with Crippen LogP contribution >= 0.6 is 11.6 Å². The molecule has 1 aromatic heterocycles. The maximum absolute atomic E-state index is 13.3. The van der Waals surface area contributed by atoms with Gasteiger partial charge in [-0.05, 0) is 84.4 Å². The summed E-state index contributed by atoms with van der Waals surface area (Å²) in [6, 6.07) is 30.0. The Kier molecular flexibility index (Phi) is 7.78. The number of allylic oxidation sites excluding steroid dienone is 1. The standard InChI is InChI=1S/C31H21ClFN3O3S/c32-25-10-16-29(17-11-25)40(37,38)30(19-34)18-24-20-36(27-4-2-1-3-5-27)35-31(24)23-8-14-28(15-9-23)39-21-22-6-12-26(33)13-7-22/h1-18,20H,21H2. The molecule has 0 fully saturated rings. The van der Waals surface area contributed by atoms with Gasteiger partial charge in [0.2, 0.25) is 9.84 Å². The average molecular weight is 570 g/mol. The fourth-order valence-corrected chi connectivity index (χ4v) is 5.22. The SMILES string of the molecule is N#CC(=Cc1cn(-c2ccccc2)nc1-c1ccc(OCc2ccc(F)cc2)cc1)S(=O)(=O)c1ccc(Cl)cc1. The fraction of sp³-hybridized carbons (Fsp3) is 0.0323. The predicted molar refractivity (Wildman–Crippen MR) is 152 cm³/mol. The number of ether oxygens (including phenoxy) is 1. The first-order valence-electron chi connectivity index (χ1n) is 12.1. The number of nitrogens with zero attached hydrogens (tertiary/aromatic N) is 3. The van der Waals surface area contributed by atoms with Gasteiger partial charge in [0.25, 0.3) is 0 Å². The van der Waals surface area contributed by atoms with Crippen molar-refractivity contribution in [2.75, 3.05) is 0 Å². The van der Waals surface area contributed by atoms with Crippen molar-refractivity contribution < 1.29 is 17.5 Å². The summed E-state index contributed by atoms with van der Waals surface area (Å²) in [6.45, 7) is 0.268. The molecule has 0 bridgehead atoms. The third-order valence-corrected chi connectivity index (χ3v) is 7.95. The topological polar surface area (TPSA) is 85.0 Å². The first-order chi connectivity index (χ1) is 19.3. The molecule has 9 heteroatoms. The molecule has 40 heavy (non-hydrogen) atoms. The highest BCUT2D eigenvalue weighted by Gasteiger charge is 2.22. The van der Waals surface area contributed by atoms with Crippen LogP contribution in [0.15, 0.2) is 119 Å². The van der Waals surface area contributed by atoms with Crippen LogP contribution in [-0.2, 0) is 16.4 Å². The zero-order chi connectivity index (χ0) is 28.1. The smallest absolute Gasteiger partial charge is 0.216 e. The molecule has 0 aliphatic rings. The van der Waals surface area contributed by atoms with Crippen LogP contribution in [0.3, 0.4) is 0 Å². The molecule has 0 spiro atoms. The predicted octanol–water partition coefficient (Wildman–Crippen LogP) is 7.25. The van der Waals surface area contributed by atoms with E-state index in [0.29, 0.717) is 27.6 Å². The fourth-order valence-electron chi connectivity index (χ4n) is 3.94. The number of halogens is 2. The van der Waals surface area contributed by atoms with E-state index in [1.807, 2.05) is 36.4 Å². The minimum atomic E-state index is -4.10. The zero-order valence-corrected chi connectivity index (χ0v) is 22.5. The average Bonchev–Trinajstić information content (AvgIpc) is 3.40. The number of hydrogen-bond donors (Lipinski definition) is 0. The Morgan fingerprint density at radius 3 is 2.27 bits per heavy atom. The van der Waals surface area contributed by atoms with Gasteiger partial charge in [-0.1, -0.05) is 41.9 Å². The molecule has 4 aromatic carbocycles. The lowest BCUT2D eigenvalue weighted by Crippen LogP contribution is -2.03. The molecule has 6 nitrogen and oxygen atoms in total. The minimum Gasteiger partial charge on any atom is -0.489 e. The van der Waals surface area contributed by atoms with Crippen LogP contribution in [0, 0.1) is 17.1 Å². The largest absolute Gasteiger partial charge is 0.489 e. The number of para-hydroxylation sites is 1. The molecule has 0 N–H and O–H groups in total. The van der Waals surface area contributed by atoms with Crippen LogP contribution in [0.25, 0.3) is 23.0 Å². The second-order valence-corrected chi connectivity index (χ2v) is 11.1. The van der Waals surface area contributed by atoms with Crippen LogP contribution in [-0.4, -0.2) is 18.2 Å². The number of nitriles is 1. The number of benzene rings is 4. The van der Waals surface area contributed by atoms with Crippen molar-refractivity contribution in [3.63, 3.8) is 0 Å². The highest BCUT2D eigenvalue weighted by Crippen LogP contribution is 2.30. The van der Waals surface area contributed by atoms with Gasteiger partial charge in [-0.3, -0.25) is 0 Å². The van der Waals surface area contributed by atoms with E-state index in [4.69, 9.17) is 21.4 Å². The molecule has 0 atom stereocenters. The number of sulfone groups is 1. The lowest BCUT2D eigenvalue weighted by Gasteiger charge is -2.07. The van der Waals surface area contributed by atoms with E-state index in [2.05, 4.69) is 0 Å². The highest BCUT2D eigenvalue weighted by molar-refractivity contribution is 7.95. The van der Waals surface area contributed by atoms with Crippen LogP contribution in [0.2, 0.25) is 5.02 Å². The van der Waals surface area contributed by atoms with Gasteiger partial charge in [-0.2, -0.15) is 10.4 Å². The lowest BCUT2D eigenvalue weighted by atomic mass is 10.1.